The van der Waals surface area contributed by atoms with Crippen LogP contribution in [0.2, 0.25) is 0 Å². The van der Waals surface area contributed by atoms with Crippen molar-refractivity contribution < 1.29 is 14.3 Å². The summed E-state index contributed by atoms with van der Waals surface area (Å²) in [6.45, 7) is 6.75. The van der Waals surface area contributed by atoms with Crippen molar-refractivity contribution in [3.8, 4) is 11.5 Å². The number of rotatable bonds is 10. The number of nitrogens with one attached hydrogen (secondary N) is 1. The van der Waals surface area contributed by atoms with Crippen LogP contribution >= 0.6 is 0 Å². The van der Waals surface area contributed by atoms with Gasteiger partial charge in [-0.2, -0.15) is 0 Å². The van der Waals surface area contributed by atoms with Crippen molar-refractivity contribution in [2.45, 2.75) is 58.1 Å². The summed E-state index contributed by atoms with van der Waals surface area (Å²) in [5, 5.41) is 3.04. The molecule has 1 aliphatic carbocycles. The van der Waals surface area contributed by atoms with Crippen LogP contribution in [0.25, 0.3) is 0 Å². The second kappa shape index (κ2) is 10.1. The minimum Gasteiger partial charge on any atom is -0.493 e. The summed E-state index contributed by atoms with van der Waals surface area (Å²) in [5.74, 6) is 2.71. The molecule has 31 heavy (non-hydrogen) atoms. The van der Waals surface area contributed by atoms with Crippen LogP contribution in [0, 0.1) is 5.92 Å². The van der Waals surface area contributed by atoms with Gasteiger partial charge in [0.05, 0.1) is 19.2 Å². The Morgan fingerprint density at radius 2 is 1.77 bits per heavy atom. The maximum absolute atomic E-state index is 11.8. The molecule has 4 rings (SSSR count). The van der Waals surface area contributed by atoms with Gasteiger partial charge in [0.15, 0.2) is 0 Å². The first-order chi connectivity index (χ1) is 15.1. The van der Waals surface area contributed by atoms with Crippen molar-refractivity contribution in [3.63, 3.8) is 0 Å². The van der Waals surface area contributed by atoms with E-state index in [1.807, 2.05) is 38.1 Å². The Morgan fingerprint density at radius 3 is 2.45 bits per heavy atom. The van der Waals surface area contributed by atoms with Crippen LogP contribution in [-0.2, 0) is 4.79 Å². The summed E-state index contributed by atoms with van der Waals surface area (Å²) in [6, 6.07) is 16.5. The van der Waals surface area contributed by atoms with Gasteiger partial charge in [-0.25, -0.2) is 0 Å². The topological polar surface area (TPSA) is 50.8 Å². The summed E-state index contributed by atoms with van der Waals surface area (Å²) in [7, 11) is 0. The first kappa shape index (κ1) is 21.5. The molecular weight excluding hydrogens is 388 g/mol. The van der Waals surface area contributed by atoms with Crippen LogP contribution in [0.5, 0.6) is 11.5 Å². The van der Waals surface area contributed by atoms with Crippen molar-refractivity contribution in [1.29, 1.82) is 0 Å². The van der Waals surface area contributed by atoms with Gasteiger partial charge in [0.2, 0.25) is 5.91 Å². The van der Waals surface area contributed by atoms with E-state index in [4.69, 9.17) is 9.47 Å². The average molecular weight is 423 g/mol. The highest BCUT2D eigenvalue weighted by Crippen LogP contribution is 2.30. The summed E-state index contributed by atoms with van der Waals surface area (Å²) in [4.78, 5) is 14.2. The molecule has 5 heteroatoms. The lowest BCUT2D eigenvalue weighted by molar-refractivity contribution is -0.121. The number of hydrogen-bond acceptors (Lipinski definition) is 4. The fourth-order valence-corrected chi connectivity index (χ4v) is 3.96. The molecular formula is C26H34N2O3. The van der Waals surface area contributed by atoms with Crippen LogP contribution < -0.4 is 19.7 Å². The highest BCUT2D eigenvalue weighted by Gasteiger charge is 2.25. The molecule has 2 aromatic rings. The van der Waals surface area contributed by atoms with Gasteiger partial charge >= 0.3 is 0 Å². The Balaban J connectivity index is 1.25. The molecule has 1 aliphatic heterocycles. The van der Waals surface area contributed by atoms with Crippen LogP contribution in [0.1, 0.15) is 57.6 Å². The Hall–Kier alpha value is -2.69. The fraction of sp³-hybridized carbons (Fsp3) is 0.500. The van der Waals surface area contributed by atoms with Crippen molar-refractivity contribution in [1.82, 2.24) is 5.32 Å². The van der Waals surface area contributed by atoms with Gasteiger partial charge in [-0.05, 0) is 74.1 Å². The van der Waals surface area contributed by atoms with E-state index in [0.29, 0.717) is 6.42 Å². The van der Waals surface area contributed by atoms with Gasteiger partial charge in [-0.3, -0.25) is 4.79 Å². The second-order valence-corrected chi connectivity index (χ2v) is 8.83. The lowest BCUT2D eigenvalue weighted by atomic mass is 10.1. The SMILES string of the molecule is CCCC(=O)N[C@@H](C)c1ccc(OC2CCN(c3ccc(OCC4CC4)cc3)C2)cc1. The van der Waals surface area contributed by atoms with E-state index < -0.39 is 0 Å². The number of carbonyl (C=O) groups is 1. The molecule has 2 aliphatic rings. The lowest BCUT2D eigenvalue weighted by Gasteiger charge is -2.20. The van der Waals surface area contributed by atoms with Gasteiger partial charge in [-0.1, -0.05) is 19.1 Å². The Bertz CT molecular complexity index is 846. The zero-order valence-corrected chi connectivity index (χ0v) is 18.7. The van der Waals surface area contributed by atoms with Gasteiger partial charge in [0, 0.05) is 25.1 Å². The molecule has 1 heterocycles. The first-order valence-corrected chi connectivity index (χ1v) is 11.6. The monoisotopic (exact) mass is 422 g/mol. The number of carbonyl (C=O) groups excluding carboxylic acids is 1. The van der Waals surface area contributed by atoms with Crippen LogP contribution in [0.3, 0.4) is 0 Å². The third-order valence-corrected chi connectivity index (χ3v) is 6.07. The lowest BCUT2D eigenvalue weighted by Crippen LogP contribution is -2.26. The number of nitrogens with zero attached hydrogens (tertiary/aromatic N) is 1. The van der Waals surface area contributed by atoms with Crippen LogP contribution in [0.15, 0.2) is 48.5 Å². The fourth-order valence-electron chi connectivity index (χ4n) is 3.96. The number of benzene rings is 2. The molecule has 2 aromatic carbocycles. The van der Waals surface area contributed by atoms with Gasteiger partial charge in [0.1, 0.15) is 17.6 Å². The molecule has 0 radical (unpaired) electrons. The molecule has 2 fully saturated rings. The zero-order chi connectivity index (χ0) is 21.6. The third kappa shape index (κ3) is 6.16. The van der Waals surface area contributed by atoms with Gasteiger partial charge in [0.25, 0.3) is 0 Å². The average Bonchev–Trinajstić information content (AvgIpc) is 3.50. The van der Waals surface area contributed by atoms with Crippen LogP contribution in [-0.4, -0.2) is 31.7 Å². The van der Waals surface area contributed by atoms with Crippen molar-refractivity contribution >= 4 is 11.6 Å². The maximum Gasteiger partial charge on any atom is 0.220 e. The van der Waals surface area contributed by atoms with Gasteiger partial charge in [-0.15, -0.1) is 0 Å². The number of ether oxygens (including phenoxy) is 2. The molecule has 1 saturated heterocycles. The highest BCUT2D eigenvalue weighted by molar-refractivity contribution is 5.76. The molecule has 0 aromatic heterocycles. The quantitative estimate of drug-likeness (QED) is 0.578. The smallest absolute Gasteiger partial charge is 0.220 e. The molecule has 1 saturated carbocycles. The molecule has 166 valence electrons. The Kier molecular flexibility index (Phi) is 7.00. The van der Waals surface area contributed by atoms with E-state index in [0.717, 1.165) is 55.5 Å². The van der Waals surface area contributed by atoms with E-state index in [2.05, 4.69) is 34.5 Å². The Morgan fingerprint density at radius 1 is 1.06 bits per heavy atom. The Labute approximate surface area is 185 Å². The van der Waals surface area contributed by atoms with Crippen molar-refractivity contribution in [2.75, 3.05) is 24.6 Å². The minimum absolute atomic E-state index is 0.00583. The van der Waals surface area contributed by atoms with E-state index >= 15 is 0 Å². The van der Waals surface area contributed by atoms with E-state index in [1.54, 1.807) is 0 Å². The van der Waals surface area contributed by atoms with E-state index in [1.165, 1.54) is 18.5 Å². The predicted molar refractivity (Wildman–Crippen MR) is 124 cm³/mol. The summed E-state index contributed by atoms with van der Waals surface area (Å²) >= 11 is 0. The summed E-state index contributed by atoms with van der Waals surface area (Å²) < 4.78 is 12.1. The van der Waals surface area contributed by atoms with Crippen molar-refractivity contribution in [3.05, 3.63) is 54.1 Å². The third-order valence-electron chi connectivity index (χ3n) is 6.07. The van der Waals surface area contributed by atoms with Gasteiger partial charge < -0.3 is 19.7 Å². The number of amides is 1. The normalized spacial score (nSPS) is 19.2. The van der Waals surface area contributed by atoms with Crippen molar-refractivity contribution in [2.24, 2.45) is 5.92 Å². The molecule has 1 amide bonds. The molecule has 0 spiro atoms. The number of anilines is 1. The molecule has 1 N–H and O–H groups in total. The standard InChI is InChI=1S/C26H34N2O3/c1-3-4-26(29)27-19(2)21-7-11-24(12-8-21)31-25-15-16-28(17-25)22-9-13-23(14-10-22)30-18-20-5-6-20/h7-14,19-20,25H,3-6,15-18H2,1-2H3,(H,27,29)/t19-,25?/m0/s1. The summed E-state index contributed by atoms with van der Waals surface area (Å²) in [6.07, 6.45) is 5.24. The number of hydrogen-bond donors (Lipinski definition) is 1. The second-order valence-electron chi connectivity index (χ2n) is 8.83. The van der Waals surface area contributed by atoms with Crippen LogP contribution in [0.4, 0.5) is 5.69 Å². The molecule has 2 atom stereocenters. The maximum atomic E-state index is 11.8. The predicted octanol–water partition coefficient (Wildman–Crippen LogP) is 5.11. The molecule has 0 bridgehead atoms. The largest absolute Gasteiger partial charge is 0.493 e. The first-order valence-electron chi connectivity index (χ1n) is 11.6. The molecule has 1 unspecified atom stereocenters. The van der Waals surface area contributed by atoms with E-state index in [9.17, 15) is 4.79 Å². The molecule has 5 nitrogen and oxygen atoms in total. The van der Waals surface area contributed by atoms with E-state index in [-0.39, 0.29) is 18.1 Å². The highest BCUT2D eigenvalue weighted by atomic mass is 16.5. The minimum atomic E-state index is 0.00583. The zero-order valence-electron chi connectivity index (χ0n) is 18.7. The summed E-state index contributed by atoms with van der Waals surface area (Å²) in [5.41, 5.74) is 2.31.